The van der Waals surface area contributed by atoms with Crippen LogP contribution in [-0.4, -0.2) is 13.4 Å². The highest BCUT2D eigenvalue weighted by Crippen LogP contribution is 2.24. The van der Waals surface area contributed by atoms with Gasteiger partial charge in [0.25, 0.3) is 0 Å². The molecule has 4 nitrogen and oxygen atoms in total. The molecule has 1 heterocycles. The van der Waals surface area contributed by atoms with Gasteiger partial charge in [0, 0.05) is 5.38 Å². The Morgan fingerprint density at radius 3 is 2.63 bits per heavy atom. The standard InChI is InChI=1S/C11H10Cl2N2O2S2/c1-7-15-8(6-18-7)5-14-19(16,17)9-2-3-10(12)11(13)4-9/h2-4,6,14H,5H2,1H3. The molecule has 19 heavy (non-hydrogen) atoms. The molecule has 0 aliphatic rings. The van der Waals surface area contributed by atoms with Crippen LogP contribution in [0.15, 0.2) is 28.5 Å². The summed E-state index contributed by atoms with van der Waals surface area (Å²) >= 11 is 13.0. The second-order valence-electron chi connectivity index (χ2n) is 3.76. The predicted molar refractivity (Wildman–Crippen MR) is 77.3 cm³/mol. The van der Waals surface area contributed by atoms with Crippen molar-refractivity contribution in [3.05, 3.63) is 44.3 Å². The number of nitrogens with zero attached hydrogens (tertiary/aromatic N) is 1. The molecule has 1 aromatic heterocycles. The molecule has 1 N–H and O–H groups in total. The van der Waals surface area contributed by atoms with Crippen LogP contribution in [0.25, 0.3) is 0 Å². The van der Waals surface area contributed by atoms with Crippen LogP contribution < -0.4 is 4.72 Å². The molecule has 0 atom stereocenters. The minimum absolute atomic E-state index is 0.0776. The van der Waals surface area contributed by atoms with Gasteiger partial charge in [-0.1, -0.05) is 23.2 Å². The highest BCUT2D eigenvalue weighted by molar-refractivity contribution is 7.89. The predicted octanol–water partition coefficient (Wildman–Crippen LogP) is 3.24. The Kier molecular flexibility index (Phi) is 4.47. The Bertz CT molecular complexity index is 698. The number of sulfonamides is 1. The van der Waals surface area contributed by atoms with Crippen molar-refractivity contribution in [3.8, 4) is 0 Å². The van der Waals surface area contributed by atoms with Gasteiger partial charge in [-0.15, -0.1) is 11.3 Å². The lowest BCUT2D eigenvalue weighted by molar-refractivity contribution is 0.580. The van der Waals surface area contributed by atoms with E-state index in [0.717, 1.165) is 5.01 Å². The molecule has 0 aliphatic carbocycles. The molecule has 0 radical (unpaired) electrons. The molecule has 0 unspecified atom stereocenters. The van der Waals surface area contributed by atoms with Gasteiger partial charge in [0.2, 0.25) is 10.0 Å². The summed E-state index contributed by atoms with van der Waals surface area (Å²) in [5.41, 5.74) is 0.686. The molecular formula is C11H10Cl2N2O2S2. The number of thiazole rings is 1. The third kappa shape index (κ3) is 3.67. The van der Waals surface area contributed by atoms with Gasteiger partial charge in [-0.05, 0) is 25.1 Å². The number of aromatic nitrogens is 1. The van der Waals surface area contributed by atoms with E-state index in [1.54, 1.807) is 0 Å². The van der Waals surface area contributed by atoms with E-state index in [-0.39, 0.29) is 16.5 Å². The minimum Gasteiger partial charge on any atom is -0.245 e. The maximum Gasteiger partial charge on any atom is 0.240 e. The lowest BCUT2D eigenvalue weighted by Gasteiger charge is -2.06. The van der Waals surface area contributed by atoms with Crippen LogP contribution in [0.4, 0.5) is 0 Å². The first-order valence-corrected chi connectivity index (χ1v) is 8.36. The van der Waals surface area contributed by atoms with E-state index in [1.165, 1.54) is 29.5 Å². The van der Waals surface area contributed by atoms with Gasteiger partial charge >= 0.3 is 0 Å². The van der Waals surface area contributed by atoms with Crippen molar-refractivity contribution < 1.29 is 8.42 Å². The van der Waals surface area contributed by atoms with Crippen molar-refractivity contribution in [1.82, 2.24) is 9.71 Å². The van der Waals surface area contributed by atoms with Crippen LogP contribution in [-0.2, 0) is 16.6 Å². The number of hydrogen-bond acceptors (Lipinski definition) is 4. The first-order valence-electron chi connectivity index (χ1n) is 5.24. The number of nitrogens with one attached hydrogen (secondary N) is 1. The highest BCUT2D eigenvalue weighted by Gasteiger charge is 2.15. The molecule has 0 aliphatic heterocycles. The third-order valence-electron chi connectivity index (χ3n) is 2.31. The summed E-state index contributed by atoms with van der Waals surface area (Å²) in [4.78, 5) is 4.26. The normalized spacial score (nSPS) is 11.7. The molecule has 0 amide bonds. The van der Waals surface area contributed by atoms with Crippen molar-refractivity contribution in [2.45, 2.75) is 18.4 Å². The SMILES string of the molecule is Cc1nc(CNS(=O)(=O)c2ccc(Cl)c(Cl)c2)cs1. The molecule has 102 valence electrons. The number of aryl methyl sites for hydroxylation is 1. The Morgan fingerprint density at radius 2 is 2.05 bits per heavy atom. The van der Waals surface area contributed by atoms with Crippen molar-refractivity contribution in [2.24, 2.45) is 0 Å². The number of halogens is 2. The second kappa shape index (κ2) is 5.76. The van der Waals surface area contributed by atoms with Crippen molar-refractivity contribution in [1.29, 1.82) is 0 Å². The van der Waals surface area contributed by atoms with E-state index >= 15 is 0 Å². The van der Waals surface area contributed by atoms with Gasteiger partial charge in [0.05, 0.1) is 32.2 Å². The van der Waals surface area contributed by atoms with Crippen LogP contribution in [0.1, 0.15) is 10.7 Å². The average molecular weight is 337 g/mol. The van der Waals surface area contributed by atoms with E-state index < -0.39 is 10.0 Å². The molecule has 0 saturated carbocycles. The van der Waals surface area contributed by atoms with Gasteiger partial charge in [-0.2, -0.15) is 0 Å². The summed E-state index contributed by atoms with van der Waals surface area (Å²) in [5.74, 6) is 0. The monoisotopic (exact) mass is 336 g/mol. The van der Waals surface area contributed by atoms with Crippen molar-refractivity contribution >= 4 is 44.6 Å². The topological polar surface area (TPSA) is 59.1 Å². The van der Waals surface area contributed by atoms with E-state index in [9.17, 15) is 8.42 Å². The van der Waals surface area contributed by atoms with Crippen LogP contribution in [0.2, 0.25) is 10.0 Å². The Hall–Kier alpha value is -0.660. The number of benzene rings is 1. The van der Waals surface area contributed by atoms with Gasteiger partial charge in [-0.3, -0.25) is 0 Å². The van der Waals surface area contributed by atoms with Gasteiger partial charge in [-0.25, -0.2) is 18.1 Å². The number of hydrogen-bond donors (Lipinski definition) is 1. The first-order chi connectivity index (χ1) is 8.88. The van der Waals surface area contributed by atoms with Crippen molar-refractivity contribution in [3.63, 3.8) is 0 Å². The van der Waals surface area contributed by atoms with E-state index in [1.807, 2.05) is 12.3 Å². The molecule has 0 saturated heterocycles. The molecule has 0 bridgehead atoms. The van der Waals surface area contributed by atoms with Crippen molar-refractivity contribution in [2.75, 3.05) is 0 Å². The first kappa shape index (κ1) is 14.7. The fourth-order valence-corrected chi connectivity index (χ4v) is 3.39. The molecule has 2 aromatic rings. The van der Waals surface area contributed by atoms with Crippen LogP contribution in [0.5, 0.6) is 0 Å². The number of rotatable bonds is 4. The zero-order valence-corrected chi connectivity index (χ0v) is 13.0. The molecule has 0 spiro atoms. The fourth-order valence-electron chi connectivity index (χ4n) is 1.39. The van der Waals surface area contributed by atoms with Crippen LogP contribution in [0, 0.1) is 6.92 Å². The zero-order valence-electron chi connectivity index (χ0n) is 9.85. The third-order valence-corrected chi connectivity index (χ3v) is 5.27. The highest BCUT2D eigenvalue weighted by atomic mass is 35.5. The lowest BCUT2D eigenvalue weighted by atomic mass is 10.4. The van der Waals surface area contributed by atoms with E-state index in [4.69, 9.17) is 23.2 Å². The fraction of sp³-hybridized carbons (Fsp3) is 0.182. The Morgan fingerprint density at radius 1 is 1.32 bits per heavy atom. The van der Waals surface area contributed by atoms with Crippen LogP contribution in [0.3, 0.4) is 0 Å². The van der Waals surface area contributed by atoms with Gasteiger partial charge in [0.15, 0.2) is 0 Å². The van der Waals surface area contributed by atoms with Gasteiger partial charge in [0.1, 0.15) is 0 Å². The average Bonchev–Trinajstić information content (AvgIpc) is 2.76. The quantitative estimate of drug-likeness (QED) is 0.932. The summed E-state index contributed by atoms with van der Waals surface area (Å²) in [6.07, 6.45) is 0. The second-order valence-corrected chi connectivity index (χ2v) is 7.40. The molecular weight excluding hydrogens is 327 g/mol. The summed E-state index contributed by atoms with van der Waals surface area (Å²) in [7, 11) is -3.62. The molecule has 2 rings (SSSR count). The molecule has 1 aromatic carbocycles. The largest absolute Gasteiger partial charge is 0.245 e. The minimum atomic E-state index is -3.62. The zero-order chi connectivity index (χ0) is 14.0. The van der Waals surface area contributed by atoms with Gasteiger partial charge < -0.3 is 0 Å². The summed E-state index contributed by atoms with van der Waals surface area (Å²) < 4.78 is 26.5. The maximum absolute atomic E-state index is 12.0. The maximum atomic E-state index is 12.0. The summed E-state index contributed by atoms with van der Waals surface area (Å²) in [5, 5.41) is 3.22. The Balaban J connectivity index is 2.16. The van der Waals surface area contributed by atoms with Crippen LogP contribution >= 0.6 is 34.5 Å². The Labute approximate surface area is 125 Å². The lowest BCUT2D eigenvalue weighted by Crippen LogP contribution is -2.23. The smallest absolute Gasteiger partial charge is 0.240 e. The molecule has 8 heteroatoms. The van der Waals surface area contributed by atoms with E-state index in [0.29, 0.717) is 10.7 Å². The summed E-state index contributed by atoms with van der Waals surface area (Å²) in [6, 6.07) is 4.17. The van der Waals surface area contributed by atoms with E-state index in [2.05, 4.69) is 9.71 Å². The summed E-state index contributed by atoms with van der Waals surface area (Å²) in [6.45, 7) is 2.01. The molecule has 0 fully saturated rings.